The molecule has 2 atom stereocenters. The van der Waals surface area contributed by atoms with Gasteiger partial charge in [0.1, 0.15) is 6.07 Å². The number of pyridine rings is 1. The minimum absolute atomic E-state index is 0.0310. The smallest absolute Gasteiger partial charge is 0.404 e. The highest BCUT2D eigenvalue weighted by Crippen LogP contribution is 2.30. The monoisotopic (exact) mass is 516 g/mol. The molecular formula is C27H29FN8O2. The molecule has 10 nitrogen and oxygen atoms in total. The molecule has 2 aromatic carbocycles. The zero-order valence-corrected chi connectivity index (χ0v) is 21.5. The first kappa shape index (κ1) is 26.2. The van der Waals surface area contributed by atoms with Gasteiger partial charge in [-0.1, -0.05) is 30.3 Å². The second-order valence-electron chi connectivity index (χ2n) is 9.20. The molecule has 11 heteroatoms. The van der Waals surface area contributed by atoms with Gasteiger partial charge in [0.15, 0.2) is 23.3 Å². The molecule has 0 saturated heterocycles. The van der Waals surface area contributed by atoms with Gasteiger partial charge < -0.3 is 26.0 Å². The molecule has 0 saturated carbocycles. The quantitative estimate of drug-likeness (QED) is 0.256. The minimum Gasteiger partial charge on any atom is -0.465 e. The molecule has 0 unspecified atom stereocenters. The van der Waals surface area contributed by atoms with Crippen LogP contribution in [0.1, 0.15) is 18.1 Å². The molecule has 0 aliphatic rings. The number of benzene rings is 2. The van der Waals surface area contributed by atoms with E-state index in [1.54, 1.807) is 11.6 Å². The van der Waals surface area contributed by atoms with Gasteiger partial charge in [0, 0.05) is 38.3 Å². The van der Waals surface area contributed by atoms with Gasteiger partial charge >= 0.3 is 6.09 Å². The number of aromatic nitrogens is 3. The third-order valence-electron chi connectivity index (χ3n) is 6.19. The predicted octanol–water partition coefficient (Wildman–Crippen LogP) is 4.47. The van der Waals surface area contributed by atoms with Crippen molar-refractivity contribution in [1.29, 1.82) is 5.26 Å². The second kappa shape index (κ2) is 11.0. The Morgan fingerprint density at radius 1 is 1.18 bits per heavy atom. The predicted molar refractivity (Wildman–Crippen MR) is 145 cm³/mol. The van der Waals surface area contributed by atoms with Gasteiger partial charge in [0.25, 0.3) is 0 Å². The first-order chi connectivity index (χ1) is 18.2. The van der Waals surface area contributed by atoms with Crippen LogP contribution >= 0.6 is 0 Å². The van der Waals surface area contributed by atoms with Crippen LogP contribution in [-0.2, 0) is 13.5 Å². The molecule has 0 radical (unpaired) electrons. The van der Waals surface area contributed by atoms with E-state index in [0.29, 0.717) is 12.1 Å². The second-order valence-corrected chi connectivity index (χ2v) is 9.20. The number of anilines is 4. The van der Waals surface area contributed by atoms with Gasteiger partial charge in [-0.3, -0.25) is 4.68 Å². The normalized spacial score (nSPS) is 12.4. The van der Waals surface area contributed by atoms with Crippen LogP contribution < -0.4 is 20.9 Å². The number of halogens is 1. The van der Waals surface area contributed by atoms with E-state index in [4.69, 9.17) is 0 Å². The van der Waals surface area contributed by atoms with Crippen molar-refractivity contribution in [2.45, 2.75) is 25.4 Å². The van der Waals surface area contributed by atoms with Crippen molar-refractivity contribution in [2.24, 2.45) is 7.05 Å². The molecule has 4 aromatic rings. The Bertz CT molecular complexity index is 1500. The Labute approximate surface area is 219 Å². The lowest BCUT2D eigenvalue weighted by molar-refractivity contribution is 0.189. The van der Waals surface area contributed by atoms with E-state index in [0.717, 1.165) is 28.4 Å². The number of fused-ring (bicyclic) bond motifs is 1. The summed E-state index contributed by atoms with van der Waals surface area (Å²) in [5.41, 5.74) is 2.55. The van der Waals surface area contributed by atoms with Crippen molar-refractivity contribution in [3.05, 3.63) is 71.5 Å². The Kier molecular flexibility index (Phi) is 7.62. The van der Waals surface area contributed by atoms with E-state index in [1.165, 1.54) is 0 Å². The summed E-state index contributed by atoms with van der Waals surface area (Å²) in [5, 5.41) is 33.0. The number of carboxylic acid groups (broad SMARTS) is 1. The Morgan fingerprint density at radius 2 is 1.92 bits per heavy atom. The summed E-state index contributed by atoms with van der Waals surface area (Å²) in [4.78, 5) is 17.6. The molecule has 4 rings (SSSR count). The van der Waals surface area contributed by atoms with Crippen molar-refractivity contribution in [3.8, 4) is 6.07 Å². The summed E-state index contributed by atoms with van der Waals surface area (Å²) in [6.45, 7) is 1.70. The highest BCUT2D eigenvalue weighted by atomic mass is 19.1. The number of aryl methyl sites for hydroxylation is 1. The summed E-state index contributed by atoms with van der Waals surface area (Å²) in [7, 11) is 5.67. The molecule has 38 heavy (non-hydrogen) atoms. The maximum absolute atomic E-state index is 15.1. The average Bonchev–Trinajstić information content (AvgIpc) is 3.21. The van der Waals surface area contributed by atoms with Gasteiger partial charge in [0.05, 0.1) is 17.1 Å². The molecule has 2 aromatic heterocycles. The third kappa shape index (κ3) is 5.75. The van der Waals surface area contributed by atoms with E-state index in [2.05, 4.69) is 26.0 Å². The molecule has 0 spiro atoms. The van der Waals surface area contributed by atoms with Gasteiger partial charge in [-0.25, -0.2) is 14.2 Å². The van der Waals surface area contributed by atoms with E-state index in [1.807, 2.05) is 80.6 Å². The molecule has 2 heterocycles. The maximum atomic E-state index is 15.1. The number of nitrogens with zero attached hydrogens (tertiary/aromatic N) is 5. The van der Waals surface area contributed by atoms with Crippen molar-refractivity contribution in [3.63, 3.8) is 0 Å². The van der Waals surface area contributed by atoms with Gasteiger partial charge in [-0.2, -0.15) is 10.4 Å². The number of hydrogen-bond acceptors (Lipinski definition) is 7. The van der Waals surface area contributed by atoms with Gasteiger partial charge in [-0.05, 0) is 43.2 Å². The topological polar surface area (TPSA) is 131 Å². The number of carbonyl (C=O) groups is 1. The van der Waals surface area contributed by atoms with E-state index >= 15 is 4.39 Å². The Morgan fingerprint density at radius 3 is 2.58 bits per heavy atom. The summed E-state index contributed by atoms with van der Waals surface area (Å²) < 4.78 is 16.9. The lowest BCUT2D eigenvalue weighted by atomic mass is 10.0. The lowest BCUT2D eigenvalue weighted by Gasteiger charge is -2.26. The fraction of sp³-hybridized carbons (Fsp3) is 0.259. The molecule has 0 fully saturated rings. The van der Waals surface area contributed by atoms with Crippen LogP contribution in [0.4, 0.5) is 32.3 Å². The van der Waals surface area contributed by atoms with Crippen LogP contribution in [0.3, 0.4) is 0 Å². The number of rotatable bonds is 9. The van der Waals surface area contributed by atoms with E-state index < -0.39 is 24.0 Å². The summed E-state index contributed by atoms with van der Waals surface area (Å²) in [6.07, 6.45) is -0.771. The maximum Gasteiger partial charge on any atom is 0.404 e. The van der Waals surface area contributed by atoms with Crippen molar-refractivity contribution < 1.29 is 14.3 Å². The molecular weight excluding hydrogens is 487 g/mol. The summed E-state index contributed by atoms with van der Waals surface area (Å²) in [5.74, 6) is 0.140. The molecule has 0 aliphatic carbocycles. The fourth-order valence-electron chi connectivity index (χ4n) is 4.25. The fourth-order valence-corrected chi connectivity index (χ4v) is 4.25. The zero-order chi connectivity index (χ0) is 27.4. The summed E-state index contributed by atoms with van der Waals surface area (Å²) >= 11 is 0. The Hall–Kier alpha value is -4.85. The largest absolute Gasteiger partial charge is 0.465 e. The first-order valence-electron chi connectivity index (χ1n) is 12.0. The van der Waals surface area contributed by atoms with Crippen molar-refractivity contribution in [2.75, 3.05) is 29.6 Å². The van der Waals surface area contributed by atoms with Crippen molar-refractivity contribution >= 4 is 40.1 Å². The van der Waals surface area contributed by atoms with Crippen LogP contribution in [0.25, 0.3) is 10.9 Å². The summed E-state index contributed by atoms with van der Waals surface area (Å²) in [6, 6.07) is 17.1. The molecule has 0 aliphatic heterocycles. The van der Waals surface area contributed by atoms with Crippen LogP contribution in [0, 0.1) is 17.1 Å². The first-order valence-corrected chi connectivity index (χ1v) is 12.0. The van der Waals surface area contributed by atoms with Crippen molar-refractivity contribution in [1.82, 2.24) is 20.1 Å². The van der Waals surface area contributed by atoms with Gasteiger partial charge in [0.2, 0.25) is 0 Å². The Balaban J connectivity index is 1.67. The van der Waals surface area contributed by atoms with Gasteiger partial charge in [-0.15, -0.1) is 0 Å². The number of hydrogen-bond donors (Lipinski definition) is 4. The molecule has 4 N–H and O–H groups in total. The molecule has 196 valence electrons. The van der Waals surface area contributed by atoms with E-state index in [-0.39, 0.29) is 17.2 Å². The average molecular weight is 517 g/mol. The third-order valence-corrected chi connectivity index (χ3v) is 6.19. The highest BCUT2D eigenvalue weighted by Gasteiger charge is 2.23. The number of amides is 1. The van der Waals surface area contributed by atoms with Crippen LogP contribution in [0.15, 0.2) is 54.6 Å². The SMILES string of the molecule is C[C@H](NC(=O)O)[C@@H](Cc1ccccc1)Nc1nc(Nc2ccc3c(c2)c(N(C)C)nn3C)c(C#N)cc1F. The molecule has 1 amide bonds. The lowest BCUT2D eigenvalue weighted by Crippen LogP contribution is -2.45. The standard InChI is InChI=1S/C27H29FN8O2/c1-16(30-27(37)38)22(12-17-8-6-5-7-9-17)32-25-21(28)13-18(15-29)24(33-25)31-19-10-11-23-20(14-19)26(35(2)3)34-36(23)4/h5-11,13-14,16,22,30H,12H2,1-4H3,(H,37,38)(H2,31,32,33)/t16-,22+/m0/s1. The number of nitrogens with one attached hydrogen (secondary N) is 3. The molecule has 0 bridgehead atoms. The minimum atomic E-state index is -1.18. The highest BCUT2D eigenvalue weighted by molar-refractivity contribution is 5.93. The van der Waals surface area contributed by atoms with Crippen LogP contribution in [0.5, 0.6) is 0 Å². The number of nitriles is 1. The van der Waals surface area contributed by atoms with Crippen LogP contribution in [0.2, 0.25) is 0 Å². The van der Waals surface area contributed by atoms with Crippen LogP contribution in [-0.4, -0.2) is 52.1 Å². The van der Waals surface area contributed by atoms with E-state index in [9.17, 15) is 15.2 Å². The zero-order valence-electron chi connectivity index (χ0n) is 21.5.